The minimum absolute atomic E-state index is 0.127. The van der Waals surface area contributed by atoms with Gasteiger partial charge in [0.1, 0.15) is 0 Å². The third-order valence-electron chi connectivity index (χ3n) is 4.48. The monoisotopic (exact) mass is 448 g/mol. The predicted molar refractivity (Wildman–Crippen MR) is 97.7 cm³/mol. The summed E-state index contributed by atoms with van der Waals surface area (Å²) in [7, 11) is 0. The van der Waals surface area contributed by atoms with E-state index in [4.69, 9.17) is 4.74 Å². The standard InChI is InChI=1S/C21H18F6O4/c1-3-30-17(28)13-8-7-9-14(12-13)19(20(22,23)24,21(25,26)27)16-11-6-5-10-15(16)18(29)31-4-2/h5-12H,3-4H2,1-2H3. The van der Waals surface area contributed by atoms with E-state index in [-0.39, 0.29) is 13.2 Å². The summed E-state index contributed by atoms with van der Waals surface area (Å²) in [5.41, 5.74) is -8.62. The van der Waals surface area contributed by atoms with E-state index < -0.39 is 52.0 Å². The van der Waals surface area contributed by atoms with Crippen LogP contribution in [0.5, 0.6) is 0 Å². The third kappa shape index (κ3) is 4.38. The number of carbonyl (C=O) groups is 2. The molecule has 0 fully saturated rings. The molecule has 0 aliphatic carbocycles. The first kappa shape index (κ1) is 24.2. The van der Waals surface area contributed by atoms with Crippen molar-refractivity contribution in [3.05, 3.63) is 70.8 Å². The molecule has 0 aliphatic heterocycles. The summed E-state index contributed by atoms with van der Waals surface area (Å²) in [6.07, 6.45) is -11.9. The average molecular weight is 448 g/mol. The Bertz CT molecular complexity index is 935. The van der Waals surface area contributed by atoms with E-state index in [0.29, 0.717) is 18.2 Å². The van der Waals surface area contributed by atoms with E-state index in [1.165, 1.54) is 13.8 Å². The number of carbonyl (C=O) groups excluding carboxylic acids is 2. The molecule has 0 unspecified atom stereocenters. The Morgan fingerprint density at radius 2 is 1.32 bits per heavy atom. The summed E-state index contributed by atoms with van der Waals surface area (Å²) < 4.78 is 95.5. The number of benzene rings is 2. The Morgan fingerprint density at radius 3 is 1.87 bits per heavy atom. The summed E-state index contributed by atoms with van der Waals surface area (Å²) in [5, 5.41) is 0. The van der Waals surface area contributed by atoms with Crippen LogP contribution in [0, 0.1) is 0 Å². The molecule has 0 amide bonds. The van der Waals surface area contributed by atoms with Gasteiger partial charge in [0.15, 0.2) is 0 Å². The molecule has 0 atom stereocenters. The van der Waals surface area contributed by atoms with Crippen LogP contribution >= 0.6 is 0 Å². The molecule has 0 bridgehead atoms. The molecule has 10 heteroatoms. The highest BCUT2D eigenvalue weighted by Gasteiger charge is 2.73. The summed E-state index contributed by atoms with van der Waals surface area (Å²) in [4.78, 5) is 24.2. The van der Waals surface area contributed by atoms with Crippen molar-refractivity contribution in [1.82, 2.24) is 0 Å². The Labute approximate surface area is 173 Å². The van der Waals surface area contributed by atoms with Crippen LogP contribution in [0.3, 0.4) is 0 Å². The second-order valence-electron chi connectivity index (χ2n) is 6.31. The molecule has 0 saturated carbocycles. The topological polar surface area (TPSA) is 52.6 Å². The Hall–Kier alpha value is -3.04. The minimum atomic E-state index is -5.93. The zero-order chi connectivity index (χ0) is 23.4. The maximum atomic E-state index is 14.4. The Morgan fingerprint density at radius 1 is 0.774 bits per heavy atom. The van der Waals surface area contributed by atoms with E-state index in [0.717, 1.165) is 30.3 Å². The first-order chi connectivity index (χ1) is 14.4. The number of hydrogen-bond donors (Lipinski definition) is 0. The zero-order valence-electron chi connectivity index (χ0n) is 16.4. The van der Waals surface area contributed by atoms with Gasteiger partial charge in [-0.3, -0.25) is 0 Å². The fourth-order valence-corrected chi connectivity index (χ4v) is 3.24. The first-order valence-electron chi connectivity index (χ1n) is 9.09. The zero-order valence-corrected chi connectivity index (χ0v) is 16.4. The molecule has 0 heterocycles. The number of alkyl halides is 6. The van der Waals surface area contributed by atoms with Crippen LogP contribution in [0.25, 0.3) is 0 Å². The molecule has 0 spiro atoms. The second kappa shape index (κ2) is 8.99. The highest BCUT2D eigenvalue weighted by molar-refractivity contribution is 5.92. The van der Waals surface area contributed by atoms with Crippen LogP contribution in [-0.4, -0.2) is 37.5 Å². The summed E-state index contributed by atoms with van der Waals surface area (Å²) in [6.45, 7) is 2.42. The maximum Gasteiger partial charge on any atom is 0.411 e. The minimum Gasteiger partial charge on any atom is -0.462 e. The number of esters is 2. The van der Waals surface area contributed by atoms with Gasteiger partial charge >= 0.3 is 24.3 Å². The van der Waals surface area contributed by atoms with E-state index in [9.17, 15) is 35.9 Å². The second-order valence-corrected chi connectivity index (χ2v) is 6.31. The summed E-state index contributed by atoms with van der Waals surface area (Å²) in [5.74, 6) is -2.42. The third-order valence-corrected chi connectivity index (χ3v) is 4.48. The fraction of sp³-hybridized carbons (Fsp3) is 0.333. The lowest BCUT2D eigenvalue weighted by Crippen LogP contribution is -2.55. The number of hydrogen-bond acceptors (Lipinski definition) is 4. The van der Waals surface area contributed by atoms with Gasteiger partial charge in [0.2, 0.25) is 5.41 Å². The van der Waals surface area contributed by atoms with Crippen molar-refractivity contribution in [3.8, 4) is 0 Å². The van der Waals surface area contributed by atoms with Crippen LogP contribution in [-0.2, 0) is 14.9 Å². The molecule has 0 aromatic heterocycles. The van der Waals surface area contributed by atoms with Crippen molar-refractivity contribution >= 4 is 11.9 Å². The molecular weight excluding hydrogens is 430 g/mol. The van der Waals surface area contributed by atoms with Gasteiger partial charge in [0.25, 0.3) is 0 Å². The number of rotatable bonds is 6. The molecule has 31 heavy (non-hydrogen) atoms. The fourth-order valence-electron chi connectivity index (χ4n) is 3.24. The van der Waals surface area contributed by atoms with Crippen LogP contribution in [0.1, 0.15) is 45.7 Å². The summed E-state index contributed by atoms with van der Waals surface area (Å²) in [6, 6.07) is 6.49. The van der Waals surface area contributed by atoms with Gasteiger partial charge < -0.3 is 9.47 Å². The van der Waals surface area contributed by atoms with Crippen molar-refractivity contribution < 1.29 is 45.4 Å². The lowest BCUT2D eigenvalue weighted by atomic mass is 9.71. The molecule has 0 saturated heterocycles. The molecule has 0 radical (unpaired) electrons. The van der Waals surface area contributed by atoms with Crippen molar-refractivity contribution in [2.24, 2.45) is 0 Å². The predicted octanol–water partition coefficient (Wildman–Crippen LogP) is 5.45. The smallest absolute Gasteiger partial charge is 0.411 e. The van der Waals surface area contributed by atoms with Crippen LogP contribution in [0.2, 0.25) is 0 Å². The molecule has 0 N–H and O–H groups in total. The van der Waals surface area contributed by atoms with E-state index in [1.54, 1.807) is 0 Å². The van der Waals surface area contributed by atoms with Gasteiger partial charge in [-0.1, -0.05) is 30.3 Å². The van der Waals surface area contributed by atoms with Crippen LogP contribution in [0.4, 0.5) is 26.3 Å². The largest absolute Gasteiger partial charge is 0.462 e. The lowest BCUT2D eigenvalue weighted by Gasteiger charge is -2.39. The Balaban J connectivity index is 2.95. The molecular formula is C21H18F6O4. The molecule has 168 valence electrons. The van der Waals surface area contributed by atoms with E-state index in [1.807, 2.05) is 0 Å². The maximum absolute atomic E-state index is 14.4. The number of ether oxygens (including phenoxy) is 2. The van der Waals surface area contributed by atoms with E-state index >= 15 is 0 Å². The molecule has 2 aromatic carbocycles. The molecule has 4 nitrogen and oxygen atoms in total. The van der Waals surface area contributed by atoms with Gasteiger partial charge in [-0.25, -0.2) is 9.59 Å². The van der Waals surface area contributed by atoms with Crippen LogP contribution < -0.4 is 0 Å². The highest BCUT2D eigenvalue weighted by atomic mass is 19.4. The van der Waals surface area contributed by atoms with Crippen molar-refractivity contribution in [2.45, 2.75) is 31.6 Å². The molecule has 0 aliphatic rings. The molecule has 2 rings (SSSR count). The SMILES string of the molecule is CCOC(=O)c1cccc(C(c2ccccc2C(=O)OCC)(C(F)(F)F)C(F)(F)F)c1. The quantitative estimate of drug-likeness (QED) is 0.436. The molecule has 2 aromatic rings. The summed E-state index contributed by atoms with van der Waals surface area (Å²) >= 11 is 0. The van der Waals surface area contributed by atoms with Gasteiger partial charge in [-0.2, -0.15) is 26.3 Å². The number of halogens is 6. The van der Waals surface area contributed by atoms with Gasteiger partial charge in [0.05, 0.1) is 24.3 Å². The van der Waals surface area contributed by atoms with Gasteiger partial charge in [-0.05, 0) is 43.2 Å². The van der Waals surface area contributed by atoms with Crippen molar-refractivity contribution in [2.75, 3.05) is 13.2 Å². The lowest BCUT2D eigenvalue weighted by molar-refractivity contribution is -0.288. The first-order valence-corrected chi connectivity index (χ1v) is 9.09. The normalized spacial score (nSPS) is 12.4. The highest BCUT2D eigenvalue weighted by Crippen LogP contribution is 2.57. The van der Waals surface area contributed by atoms with Gasteiger partial charge in [-0.15, -0.1) is 0 Å². The van der Waals surface area contributed by atoms with Crippen molar-refractivity contribution in [1.29, 1.82) is 0 Å². The Kier molecular flexibility index (Phi) is 7.03. The van der Waals surface area contributed by atoms with E-state index in [2.05, 4.69) is 4.74 Å². The average Bonchev–Trinajstić information content (AvgIpc) is 2.67. The van der Waals surface area contributed by atoms with Crippen LogP contribution in [0.15, 0.2) is 48.5 Å². The van der Waals surface area contributed by atoms with Gasteiger partial charge in [0, 0.05) is 0 Å². The van der Waals surface area contributed by atoms with Crippen molar-refractivity contribution in [3.63, 3.8) is 0 Å².